The zero-order chi connectivity index (χ0) is 29.1. The number of halogens is 3. The lowest BCUT2D eigenvalue weighted by Gasteiger charge is -2.24. The monoisotopic (exact) mass is 576 g/mol. The molecule has 4 N–H and O–H groups in total. The van der Waals surface area contributed by atoms with Crippen molar-refractivity contribution in [3.05, 3.63) is 77.1 Å². The fourth-order valence-electron chi connectivity index (χ4n) is 4.72. The Labute approximate surface area is 231 Å². The van der Waals surface area contributed by atoms with Gasteiger partial charge in [0.2, 0.25) is 0 Å². The highest BCUT2D eigenvalue weighted by atomic mass is 31.2. The predicted molar refractivity (Wildman–Crippen MR) is 146 cm³/mol. The first-order chi connectivity index (χ1) is 19.0. The molecule has 5 rings (SSSR count). The zero-order valence-electron chi connectivity index (χ0n) is 22.4. The van der Waals surface area contributed by atoms with Crippen LogP contribution in [0, 0.1) is 0 Å². The molecule has 8 nitrogen and oxygen atoms in total. The molecule has 1 aliphatic rings. The second kappa shape index (κ2) is 12.2. The summed E-state index contributed by atoms with van der Waals surface area (Å²) in [6, 6.07) is 14.0. The quantitative estimate of drug-likeness (QED) is 0.213. The first kappa shape index (κ1) is 29.9. The molecule has 0 amide bonds. The summed E-state index contributed by atoms with van der Waals surface area (Å²) in [7, 11) is -2.46. The molecule has 40 heavy (non-hydrogen) atoms. The molecular weight excluding hydrogens is 544 g/mol. The van der Waals surface area contributed by atoms with Crippen molar-refractivity contribution in [2.75, 3.05) is 6.61 Å². The van der Waals surface area contributed by atoms with Crippen LogP contribution < -0.4 is 5.73 Å². The van der Waals surface area contributed by atoms with Crippen molar-refractivity contribution in [2.24, 2.45) is 5.73 Å². The molecule has 214 valence electrons. The van der Waals surface area contributed by atoms with E-state index in [1.165, 1.54) is 6.20 Å². The summed E-state index contributed by atoms with van der Waals surface area (Å²) in [5.41, 5.74) is 8.74. The van der Waals surface area contributed by atoms with Crippen molar-refractivity contribution in [2.45, 2.75) is 58.2 Å². The van der Waals surface area contributed by atoms with Gasteiger partial charge < -0.3 is 24.6 Å². The first-order valence-electron chi connectivity index (χ1n) is 12.9. The summed E-state index contributed by atoms with van der Waals surface area (Å²) in [5, 5.41) is 8.21. The number of para-hydroxylation sites is 1. The summed E-state index contributed by atoms with van der Waals surface area (Å²) < 4.78 is 53.9. The highest BCUT2D eigenvalue weighted by molar-refractivity contribution is 7.39. The van der Waals surface area contributed by atoms with Crippen LogP contribution in [0.3, 0.4) is 0 Å². The van der Waals surface area contributed by atoms with Crippen LogP contribution in [0.5, 0.6) is 0 Å². The minimum absolute atomic E-state index is 0.0164. The Balaban J connectivity index is 0.00000181. The molecule has 0 saturated carbocycles. The second-order valence-corrected chi connectivity index (χ2v) is 10.4. The summed E-state index contributed by atoms with van der Waals surface area (Å²) in [6.45, 7) is 5.80. The minimum Gasteiger partial charge on any atom is -0.355 e. The molecule has 0 saturated heterocycles. The van der Waals surface area contributed by atoms with Gasteiger partial charge in [0.25, 0.3) is 0 Å². The average Bonchev–Trinajstić information content (AvgIpc) is 3.57. The van der Waals surface area contributed by atoms with Crippen molar-refractivity contribution < 1.29 is 32.0 Å². The molecule has 0 spiro atoms. The smallest absolute Gasteiger partial charge is 0.355 e. The van der Waals surface area contributed by atoms with Gasteiger partial charge in [-0.25, -0.2) is 4.68 Å². The van der Waals surface area contributed by atoms with Crippen LogP contribution in [0.15, 0.2) is 59.3 Å². The van der Waals surface area contributed by atoms with E-state index in [0.29, 0.717) is 42.6 Å². The number of aromatic nitrogens is 3. The number of rotatable bonds is 8. The van der Waals surface area contributed by atoms with E-state index in [-0.39, 0.29) is 17.9 Å². The molecule has 1 unspecified atom stereocenters. The van der Waals surface area contributed by atoms with Crippen molar-refractivity contribution in [3.8, 4) is 28.3 Å². The van der Waals surface area contributed by atoms with Crippen LogP contribution in [0.4, 0.5) is 13.2 Å². The zero-order valence-corrected chi connectivity index (χ0v) is 23.3. The Bertz CT molecular complexity index is 1440. The van der Waals surface area contributed by atoms with Crippen LogP contribution >= 0.6 is 8.60 Å². The van der Waals surface area contributed by atoms with Gasteiger partial charge in [0.1, 0.15) is 5.69 Å². The average molecular weight is 577 g/mol. The lowest BCUT2D eigenvalue weighted by Crippen LogP contribution is -2.41. The fourth-order valence-corrected chi connectivity index (χ4v) is 5.13. The molecule has 0 radical (unpaired) electrons. The van der Waals surface area contributed by atoms with Crippen LogP contribution in [0.1, 0.15) is 49.6 Å². The molecule has 0 aliphatic heterocycles. The van der Waals surface area contributed by atoms with E-state index >= 15 is 0 Å². The Kier molecular flexibility index (Phi) is 9.12. The van der Waals surface area contributed by atoms with Crippen molar-refractivity contribution in [3.63, 3.8) is 0 Å². The number of hydrogen-bond acceptors (Lipinski definition) is 7. The predicted octanol–water partition coefficient (Wildman–Crippen LogP) is 6.22. The normalized spacial score (nSPS) is 14.2. The van der Waals surface area contributed by atoms with Gasteiger partial charge in [0, 0.05) is 16.7 Å². The van der Waals surface area contributed by atoms with E-state index in [1.807, 2.05) is 32.0 Å². The molecule has 4 aromatic rings. The number of benzene rings is 2. The van der Waals surface area contributed by atoms with Gasteiger partial charge in [0.05, 0.1) is 24.1 Å². The first-order valence-corrected chi connectivity index (χ1v) is 14.1. The Hall–Kier alpha value is -3.08. The summed E-state index contributed by atoms with van der Waals surface area (Å²) in [6.07, 6.45) is -1.21. The number of hydrogen-bond donors (Lipinski definition) is 3. The number of fused-ring (bicyclic) bond motifs is 3. The van der Waals surface area contributed by atoms with Crippen LogP contribution in [0.25, 0.3) is 28.3 Å². The largest absolute Gasteiger partial charge is 0.434 e. The van der Waals surface area contributed by atoms with E-state index < -0.39 is 26.0 Å². The van der Waals surface area contributed by atoms with Gasteiger partial charge in [-0.05, 0) is 55.9 Å². The van der Waals surface area contributed by atoms with Crippen molar-refractivity contribution >= 4 is 8.60 Å². The molecule has 2 aromatic heterocycles. The third kappa shape index (κ3) is 6.45. The number of alkyl halides is 3. The van der Waals surface area contributed by atoms with Gasteiger partial charge in [-0.1, -0.05) is 55.4 Å². The third-order valence-corrected chi connectivity index (χ3v) is 6.99. The van der Waals surface area contributed by atoms with E-state index in [0.717, 1.165) is 21.4 Å². The van der Waals surface area contributed by atoms with E-state index in [2.05, 4.69) is 10.3 Å². The highest BCUT2D eigenvalue weighted by Crippen LogP contribution is 2.44. The molecule has 0 bridgehead atoms. The maximum absolute atomic E-state index is 14.2. The van der Waals surface area contributed by atoms with Crippen LogP contribution in [0.2, 0.25) is 0 Å². The van der Waals surface area contributed by atoms with Gasteiger partial charge in [-0.15, -0.1) is 0 Å². The van der Waals surface area contributed by atoms with E-state index in [4.69, 9.17) is 24.6 Å². The molecule has 1 atom stereocenters. The number of nitrogens with zero attached hydrogens (tertiary/aromatic N) is 3. The Morgan fingerprint density at radius 3 is 2.48 bits per heavy atom. The molecule has 12 heteroatoms. The SMILES string of the molecule is CC.CC(N)(CCc1ccc2c(c1)CCc1c-2noc1-c1cnn(-c2ccccc2)c1C(F)(F)F)COP(O)O. The number of aryl methyl sites for hydroxylation is 2. The maximum Gasteiger partial charge on any atom is 0.434 e. The molecular formula is C28H32F3N4O4P. The molecule has 0 fully saturated rings. The fraction of sp³-hybridized carbons (Fsp3) is 0.357. The van der Waals surface area contributed by atoms with Gasteiger partial charge in [-0.3, -0.25) is 0 Å². The van der Waals surface area contributed by atoms with Gasteiger partial charge in [-0.2, -0.15) is 18.3 Å². The van der Waals surface area contributed by atoms with Crippen LogP contribution in [-0.4, -0.2) is 36.9 Å². The summed E-state index contributed by atoms with van der Waals surface area (Å²) in [5.74, 6) is 0.0795. The van der Waals surface area contributed by atoms with Crippen molar-refractivity contribution in [1.29, 1.82) is 0 Å². The second-order valence-electron chi connectivity index (χ2n) is 9.66. The molecule has 2 heterocycles. The standard InChI is InChI=1S/C26H26F3N4O4P.C2H6/c1-25(30,15-36-38(34)35)12-11-16-7-9-19-17(13-16)8-10-20-22(19)32-37-23(20)21-14-31-33(24(21)26(27,28)29)18-5-3-2-4-6-18;1-2/h2-7,9,13-14,34-35H,8,10-12,15,30H2,1H3;1-2H3. The third-order valence-electron chi connectivity index (χ3n) is 6.63. The van der Waals surface area contributed by atoms with Gasteiger partial charge >= 0.3 is 14.8 Å². The number of nitrogens with two attached hydrogens (primary N) is 1. The van der Waals surface area contributed by atoms with E-state index in [1.54, 1.807) is 37.3 Å². The molecule has 2 aromatic carbocycles. The minimum atomic E-state index is -4.67. The maximum atomic E-state index is 14.2. The van der Waals surface area contributed by atoms with Gasteiger partial charge in [0.15, 0.2) is 11.5 Å². The van der Waals surface area contributed by atoms with Crippen LogP contribution in [-0.2, 0) is 30.0 Å². The Morgan fingerprint density at radius 1 is 1.07 bits per heavy atom. The Morgan fingerprint density at radius 2 is 1.80 bits per heavy atom. The van der Waals surface area contributed by atoms with E-state index in [9.17, 15) is 13.2 Å². The summed E-state index contributed by atoms with van der Waals surface area (Å²) in [4.78, 5) is 17.9. The molecule has 1 aliphatic carbocycles. The lowest BCUT2D eigenvalue weighted by atomic mass is 9.86. The summed E-state index contributed by atoms with van der Waals surface area (Å²) >= 11 is 0. The highest BCUT2D eigenvalue weighted by Gasteiger charge is 2.41. The topological polar surface area (TPSA) is 120 Å². The lowest BCUT2D eigenvalue weighted by molar-refractivity contribution is -0.142. The van der Waals surface area contributed by atoms with Crippen molar-refractivity contribution in [1.82, 2.24) is 14.9 Å².